The van der Waals surface area contributed by atoms with E-state index in [-0.39, 0.29) is 5.56 Å². The van der Waals surface area contributed by atoms with Gasteiger partial charge in [-0.15, -0.1) is 0 Å². The summed E-state index contributed by atoms with van der Waals surface area (Å²) in [7, 11) is 0. The first kappa shape index (κ1) is 13.7. The second kappa shape index (κ2) is 5.10. The number of carbonyl (C=O) groups is 1. The van der Waals surface area contributed by atoms with E-state index in [0.29, 0.717) is 5.56 Å². The molecule has 1 unspecified atom stereocenters. The fourth-order valence-corrected chi connectivity index (χ4v) is 2.47. The van der Waals surface area contributed by atoms with E-state index in [1.54, 1.807) is 18.2 Å². The number of rotatable bonds is 3. The van der Waals surface area contributed by atoms with Crippen molar-refractivity contribution >= 4 is 21.9 Å². The van der Waals surface area contributed by atoms with Crippen LogP contribution >= 0.6 is 15.9 Å². The van der Waals surface area contributed by atoms with Crippen LogP contribution in [0.1, 0.15) is 28.4 Å². The number of halogens is 1. The third-order valence-corrected chi connectivity index (χ3v) is 3.70. The Labute approximate surface area is 121 Å². The Morgan fingerprint density at radius 3 is 2.42 bits per heavy atom. The van der Waals surface area contributed by atoms with E-state index >= 15 is 0 Å². The highest BCUT2D eigenvalue weighted by atomic mass is 79.9. The SMILES string of the molecule is [CH2+]C(C)(c1ccccc1)c1cc(Br)ccc1C(=O)[O-]. The summed E-state index contributed by atoms with van der Waals surface area (Å²) in [4.78, 5) is 11.3. The largest absolute Gasteiger partial charge is 0.545 e. The highest BCUT2D eigenvalue weighted by Gasteiger charge is 2.33. The molecule has 19 heavy (non-hydrogen) atoms. The number of hydrogen-bond donors (Lipinski definition) is 0. The van der Waals surface area contributed by atoms with Crippen molar-refractivity contribution in [1.82, 2.24) is 0 Å². The van der Waals surface area contributed by atoms with E-state index in [1.165, 1.54) is 0 Å². The van der Waals surface area contributed by atoms with Crippen LogP contribution in [0.2, 0.25) is 0 Å². The third-order valence-electron chi connectivity index (χ3n) is 3.21. The molecule has 0 fully saturated rings. The highest BCUT2D eigenvalue weighted by molar-refractivity contribution is 9.10. The van der Waals surface area contributed by atoms with Gasteiger partial charge in [0.2, 0.25) is 0 Å². The average molecular weight is 317 g/mol. The topological polar surface area (TPSA) is 40.1 Å². The summed E-state index contributed by atoms with van der Waals surface area (Å²) in [6.45, 7) is 6.08. The Hall–Kier alpha value is -1.74. The molecule has 0 aromatic heterocycles. The lowest BCUT2D eigenvalue weighted by Crippen LogP contribution is -2.29. The molecule has 0 N–H and O–H groups in total. The van der Waals surface area contributed by atoms with Crippen molar-refractivity contribution in [3.8, 4) is 0 Å². The molecular formula is C16H13BrO2. The van der Waals surface area contributed by atoms with Gasteiger partial charge < -0.3 is 9.90 Å². The van der Waals surface area contributed by atoms with E-state index in [0.717, 1.165) is 10.0 Å². The zero-order valence-electron chi connectivity index (χ0n) is 10.5. The van der Waals surface area contributed by atoms with Crippen molar-refractivity contribution in [1.29, 1.82) is 0 Å². The summed E-state index contributed by atoms with van der Waals surface area (Å²) in [6.07, 6.45) is 0. The molecule has 0 spiro atoms. The predicted octanol–water partition coefficient (Wildman–Crippen LogP) is 2.95. The maximum Gasteiger partial charge on any atom is 0.153 e. The lowest BCUT2D eigenvalue weighted by Gasteiger charge is -2.23. The molecule has 2 nitrogen and oxygen atoms in total. The molecule has 2 aromatic carbocycles. The van der Waals surface area contributed by atoms with Gasteiger partial charge in [0.05, 0.1) is 12.9 Å². The van der Waals surface area contributed by atoms with Crippen LogP contribution in [-0.2, 0) is 5.41 Å². The van der Waals surface area contributed by atoms with Crippen molar-refractivity contribution in [2.45, 2.75) is 12.3 Å². The zero-order valence-corrected chi connectivity index (χ0v) is 12.1. The maximum absolute atomic E-state index is 11.3. The lowest BCUT2D eigenvalue weighted by molar-refractivity contribution is -0.255. The van der Waals surface area contributed by atoms with Gasteiger partial charge in [0.1, 0.15) is 0 Å². The molecule has 1 atom stereocenters. The monoisotopic (exact) mass is 316 g/mol. The number of carboxylic acid groups (broad SMARTS) is 1. The van der Waals surface area contributed by atoms with E-state index < -0.39 is 11.4 Å². The van der Waals surface area contributed by atoms with Gasteiger partial charge in [-0.25, -0.2) is 0 Å². The van der Waals surface area contributed by atoms with Gasteiger partial charge in [0, 0.05) is 21.2 Å². The quantitative estimate of drug-likeness (QED) is 0.817. The molecule has 0 bridgehead atoms. The highest BCUT2D eigenvalue weighted by Crippen LogP contribution is 2.34. The van der Waals surface area contributed by atoms with Crippen LogP contribution in [0, 0.1) is 6.92 Å². The Morgan fingerprint density at radius 1 is 1.21 bits per heavy atom. The van der Waals surface area contributed by atoms with Crippen molar-refractivity contribution in [3.05, 3.63) is 76.6 Å². The Bertz CT molecular complexity index is 603. The van der Waals surface area contributed by atoms with Gasteiger partial charge in [0.25, 0.3) is 0 Å². The summed E-state index contributed by atoms with van der Waals surface area (Å²) in [6, 6.07) is 14.6. The number of aromatic carboxylic acids is 1. The summed E-state index contributed by atoms with van der Waals surface area (Å²) < 4.78 is 0.818. The minimum atomic E-state index is -1.19. The first-order valence-corrected chi connectivity index (χ1v) is 6.64. The minimum Gasteiger partial charge on any atom is -0.545 e. The molecule has 0 amide bonds. The van der Waals surface area contributed by atoms with Crippen LogP contribution in [-0.4, -0.2) is 5.97 Å². The fraction of sp³-hybridized carbons (Fsp3) is 0.125. The van der Waals surface area contributed by atoms with Crippen LogP contribution in [0.5, 0.6) is 0 Å². The molecule has 0 aliphatic rings. The first-order valence-electron chi connectivity index (χ1n) is 5.85. The van der Waals surface area contributed by atoms with Crippen LogP contribution in [0.4, 0.5) is 0 Å². The van der Waals surface area contributed by atoms with Gasteiger partial charge in [-0.05, 0) is 19.1 Å². The minimum absolute atomic E-state index is 0.171. The average Bonchev–Trinajstić information content (AvgIpc) is 2.39. The Balaban J connectivity index is 2.63. The molecule has 0 aliphatic carbocycles. The molecule has 0 saturated carbocycles. The van der Waals surface area contributed by atoms with Gasteiger partial charge in [0.15, 0.2) is 5.41 Å². The van der Waals surface area contributed by atoms with Crippen molar-refractivity contribution < 1.29 is 9.90 Å². The van der Waals surface area contributed by atoms with Crippen LogP contribution in [0.15, 0.2) is 53.0 Å². The van der Waals surface area contributed by atoms with Crippen LogP contribution in [0.25, 0.3) is 0 Å². The van der Waals surface area contributed by atoms with Gasteiger partial charge in [-0.3, -0.25) is 0 Å². The smallest absolute Gasteiger partial charge is 0.153 e. The van der Waals surface area contributed by atoms with Gasteiger partial charge >= 0.3 is 0 Å². The molecule has 0 heterocycles. The van der Waals surface area contributed by atoms with Crippen molar-refractivity contribution in [3.63, 3.8) is 0 Å². The second-order valence-corrected chi connectivity index (χ2v) is 5.59. The van der Waals surface area contributed by atoms with Crippen molar-refractivity contribution in [2.24, 2.45) is 0 Å². The van der Waals surface area contributed by atoms with Gasteiger partial charge in [-0.1, -0.05) is 52.3 Å². The predicted molar refractivity (Wildman–Crippen MR) is 76.7 cm³/mol. The molecule has 0 aliphatic heterocycles. The maximum atomic E-state index is 11.3. The number of hydrogen-bond acceptors (Lipinski definition) is 2. The molecule has 96 valence electrons. The molecular weight excluding hydrogens is 304 g/mol. The van der Waals surface area contributed by atoms with Gasteiger partial charge in [-0.2, -0.15) is 0 Å². The van der Waals surface area contributed by atoms with E-state index in [4.69, 9.17) is 0 Å². The normalized spacial score (nSPS) is 13.8. The number of benzene rings is 2. The molecule has 2 aromatic rings. The number of carbonyl (C=O) groups excluding carboxylic acids is 1. The molecule has 0 radical (unpaired) electrons. The Kier molecular flexibility index (Phi) is 3.67. The van der Waals surface area contributed by atoms with E-state index in [1.807, 2.05) is 37.3 Å². The standard InChI is InChI=1S/C16H13BrO2/c1-16(2,11-6-4-3-5-7-11)14-10-12(17)8-9-13(14)15(18)19/h3-10H,1H2,2H3. The summed E-state index contributed by atoms with van der Waals surface area (Å²) in [5, 5.41) is 11.3. The van der Waals surface area contributed by atoms with E-state index in [9.17, 15) is 9.90 Å². The first-order chi connectivity index (χ1) is 8.93. The zero-order chi connectivity index (χ0) is 14.0. The Morgan fingerprint density at radius 2 is 1.84 bits per heavy atom. The lowest BCUT2D eigenvalue weighted by atomic mass is 9.76. The van der Waals surface area contributed by atoms with Crippen LogP contribution in [0.3, 0.4) is 0 Å². The molecule has 3 heteroatoms. The summed E-state index contributed by atoms with van der Waals surface area (Å²) >= 11 is 3.37. The molecule has 2 rings (SSSR count). The van der Waals surface area contributed by atoms with E-state index in [2.05, 4.69) is 22.9 Å². The summed E-state index contributed by atoms with van der Waals surface area (Å²) in [5.74, 6) is -1.19. The second-order valence-electron chi connectivity index (χ2n) is 4.68. The fourth-order valence-electron chi connectivity index (χ4n) is 2.11. The number of carboxylic acids is 1. The van der Waals surface area contributed by atoms with Crippen molar-refractivity contribution in [2.75, 3.05) is 0 Å². The third kappa shape index (κ3) is 2.66. The molecule has 0 saturated heterocycles. The summed E-state index contributed by atoms with van der Waals surface area (Å²) in [5.41, 5.74) is 1.11. The van der Waals surface area contributed by atoms with Crippen LogP contribution < -0.4 is 5.11 Å².